The van der Waals surface area contributed by atoms with E-state index < -0.39 is 10.0 Å². The summed E-state index contributed by atoms with van der Waals surface area (Å²) in [5.74, 6) is -0.298. The Morgan fingerprint density at radius 1 is 1.10 bits per heavy atom. The van der Waals surface area contributed by atoms with Crippen molar-refractivity contribution in [2.75, 3.05) is 13.6 Å². The Bertz CT molecular complexity index is 974. The molecule has 0 fully saturated rings. The van der Waals surface area contributed by atoms with Gasteiger partial charge in [-0.25, -0.2) is 12.7 Å². The van der Waals surface area contributed by atoms with Crippen molar-refractivity contribution in [1.82, 2.24) is 9.62 Å². The molecule has 1 N–H and O–H groups in total. The molecule has 1 atom stereocenters. The Hall–Kier alpha value is -2.22. The summed E-state index contributed by atoms with van der Waals surface area (Å²) < 4.78 is 26.4. The van der Waals surface area contributed by atoms with Gasteiger partial charge in [0, 0.05) is 30.6 Å². The molecule has 2 aromatic carbocycles. The first kappa shape index (κ1) is 23.1. The van der Waals surface area contributed by atoms with Crippen LogP contribution in [0.1, 0.15) is 48.7 Å². The molecule has 0 aromatic heterocycles. The molecule has 0 saturated carbocycles. The molecule has 6 nitrogen and oxygen atoms in total. The monoisotopic (exact) mass is 436 g/mol. The molecule has 1 unspecified atom stereocenters. The standard InChI is InChI=1S/C21H25ClN2O4S/c1-15(19-7-4-5-8-20(19)22)23-21(26)9-6-14-24(3)29(27,28)18-12-10-17(11-13-18)16(2)25/h4-5,7-8,10-13,15H,6,9,14H2,1-3H3,(H,23,26). The van der Waals surface area contributed by atoms with Gasteiger partial charge in [-0.2, -0.15) is 0 Å². The van der Waals surface area contributed by atoms with Crippen molar-refractivity contribution in [1.29, 1.82) is 0 Å². The van der Waals surface area contributed by atoms with Crippen molar-refractivity contribution in [3.8, 4) is 0 Å². The number of Topliss-reactive ketones (excluding diaryl/α,β-unsaturated/α-hetero) is 1. The number of amides is 1. The van der Waals surface area contributed by atoms with Crippen LogP contribution in [-0.4, -0.2) is 38.0 Å². The number of nitrogens with zero attached hydrogens (tertiary/aromatic N) is 1. The summed E-state index contributed by atoms with van der Waals surface area (Å²) in [5, 5.41) is 3.46. The van der Waals surface area contributed by atoms with Crippen LogP contribution < -0.4 is 5.32 Å². The highest BCUT2D eigenvalue weighted by Crippen LogP contribution is 2.22. The summed E-state index contributed by atoms with van der Waals surface area (Å²) in [6.45, 7) is 3.47. The molecule has 0 spiro atoms. The third kappa shape index (κ3) is 6.13. The van der Waals surface area contributed by atoms with Crippen molar-refractivity contribution in [2.45, 2.75) is 37.6 Å². The lowest BCUT2D eigenvalue weighted by Crippen LogP contribution is -2.30. The Morgan fingerprint density at radius 3 is 2.31 bits per heavy atom. The van der Waals surface area contributed by atoms with Crippen molar-refractivity contribution >= 4 is 33.3 Å². The predicted molar refractivity (Wildman–Crippen MR) is 114 cm³/mol. The fraction of sp³-hybridized carbons (Fsp3) is 0.333. The smallest absolute Gasteiger partial charge is 0.242 e. The number of hydrogen-bond acceptors (Lipinski definition) is 4. The highest BCUT2D eigenvalue weighted by atomic mass is 35.5. The number of nitrogens with one attached hydrogen (secondary N) is 1. The molecule has 2 aromatic rings. The first-order chi connectivity index (χ1) is 13.6. The van der Waals surface area contributed by atoms with Gasteiger partial charge >= 0.3 is 0 Å². The molecule has 0 heterocycles. The maximum Gasteiger partial charge on any atom is 0.242 e. The fourth-order valence-electron chi connectivity index (χ4n) is 2.84. The Morgan fingerprint density at radius 2 is 1.72 bits per heavy atom. The molecule has 0 bridgehead atoms. The molecular formula is C21H25ClN2O4S. The highest BCUT2D eigenvalue weighted by Gasteiger charge is 2.21. The number of halogens is 1. The van der Waals surface area contributed by atoms with Gasteiger partial charge in [0.1, 0.15) is 0 Å². The normalized spacial score (nSPS) is 12.6. The van der Waals surface area contributed by atoms with Crippen molar-refractivity contribution in [2.24, 2.45) is 0 Å². The van der Waals surface area contributed by atoms with E-state index in [9.17, 15) is 18.0 Å². The van der Waals surface area contributed by atoms with Gasteiger partial charge in [0.25, 0.3) is 0 Å². The van der Waals surface area contributed by atoms with E-state index in [-0.39, 0.29) is 35.6 Å². The molecule has 0 aliphatic carbocycles. The van der Waals surface area contributed by atoms with Crippen LogP contribution in [0, 0.1) is 0 Å². The molecule has 2 rings (SSSR count). The molecule has 0 aliphatic heterocycles. The van der Waals surface area contributed by atoms with Gasteiger partial charge in [-0.15, -0.1) is 0 Å². The van der Waals surface area contributed by atoms with Gasteiger partial charge in [-0.1, -0.05) is 41.9 Å². The van der Waals surface area contributed by atoms with Crippen LogP contribution in [0.4, 0.5) is 0 Å². The maximum atomic E-state index is 12.6. The van der Waals surface area contributed by atoms with Crippen molar-refractivity contribution in [3.05, 3.63) is 64.7 Å². The number of benzene rings is 2. The summed E-state index contributed by atoms with van der Waals surface area (Å²) in [7, 11) is -2.21. The van der Waals surface area contributed by atoms with E-state index in [4.69, 9.17) is 11.6 Å². The second-order valence-corrected chi connectivity index (χ2v) is 9.27. The van der Waals surface area contributed by atoms with Crippen LogP contribution in [0.15, 0.2) is 53.4 Å². The molecule has 0 radical (unpaired) electrons. The average Bonchev–Trinajstić information content (AvgIpc) is 2.68. The molecular weight excluding hydrogens is 412 g/mol. The van der Waals surface area contributed by atoms with Crippen LogP contribution in [0.2, 0.25) is 5.02 Å². The summed E-state index contributed by atoms with van der Waals surface area (Å²) >= 11 is 6.14. The minimum atomic E-state index is -3.68. The van der Waals surface area contributed by atoms with Crippen LogP contribution >= 0.6 is 11.6 Å². The third-order valence-corrected chi connectivity index (χ3v) is 6.81. The number of ketones is 1. The van der Waals surface area contributed by atoms with E-state index in [1.165, 1.54) is 42.5 Å². The number of hydrogen-bond donors (Lipinski definition) is 1. The van der Waals surface area contributed by atoms with E-state index in [1.54, 1.807) is 6.07 Å². The molecule has 1 amide bonds. The molecule has 29 heavy (non-hydrogen) atoms. The zero-order chi connectivity index (χ0) is 21.6. The van der Waals surface area contributed by atoms with Crippen LogP contribution in [0.5, 0.6) is 0 Å². The van der Waals surface area contributed by atoms with Crippen LogP contribution in [0.3, 0.4) is 0 Å². The second-order valence-electron chi connectivity index (χ2n) is 6.82. The van der Waals surface area contributed by atoms with E-state index in [2.05, 4.69) is 5.32 Å². The molecule has 156 valence electrons. The predicted octanol–water partition coefficient (Wildman–Crippen LogP) is 3.82. The maximum absolute atomic E-state index is 12.6. The van der Waals surface area contributed by atoms with Gasteiger partial charge in [-0.05, 0) is 44.0 Å². The summed E-state index contributed by atoms with van der Waals surface area (Å²) in [5.41, 5.74) is 1.28. The summed E-state index contributed by atoms with van der Waals surface area (Å²) in [6.07, 6.45) is 0.570. The van der Waals surface area contributed by atoms with Crippen LogP contribution in [-0.2, 0) is 14.8 Å². The third-order valence-electron chi connectivity index (χ3n) is 4.60. The zero-order valence-electron chi connectivity index (χ0n) is 16.7. The minimum absolute atomic E-state index is 0.113. The van der Waals surface area contributed by atoms with Gasteiger partial charge in [0.2, 0.25) is 15.9 Å². The SMILES string of the molecule is CC(=O)c1ccc(S(=O)(=O)N(C)CCCC(=O)NC(C)c2ccccc2Cl)cc1. The van der Waals surface area contributed by atoms with Crippen LogP contribution in [0.25, 0.3) is 0 Å². The van der Waals surface area contributed by atoms with Gasteiger partial charge in [0.15, 0.2) is 5.78 Å². The molecule has 8 heteroatoms. The Kier molecular flexibility index (Phi) is 7.96. The van der Waals surface area contributed by atoms with E-state index in [0.717, 1.165) is 5.56 Å². The summed E-state index contributed by atoms with van der Waals surface area (Å²) in [6, 6.07) is 12.9. The average molecular weight is 437 g/mol. The van der Waals surface area contributed by atoms with Gasteiger partial charge < -0.3 is 5.32 Å². The Labute approximate surface area is 176 Å². The van der Waals surface area contributed by atoms with Crippen molar-refractivity contribution < 1.29 is 18.0 Å². The van der Waals surface area contributed by atoms with Gasteiger partial charge in [-0.3, -0.25) is 9.59 Å². The number of carbonyl (C=O) groups is 2. The molecule has 0 aliphatic rings. The largest absolute Gasteiger partial charge is 0.350 e. The highest BCUT2D eigenvalue weighted by molar-refractivity contribution is 7.89. The topological polar surface area (TPSA) is 83.6 Å². The fourth-order valence-corrected chi connectivity index (χ4v) is 4.35. The number of sulfonamides is 1. The lowest BCUT2D eigenvalue weighted by Gasteiger charge is -2.18. The van der Waals surface area contributed by atoms with Gasteiger partial charge in [0.05, 0.1) is 10.9 Å². The van der Waals surface area contributed by atoms with E-state index in [0.29, 0.717) is 17.0 Å². The lowest BCUT2D eigenvalue weighted by atomic mass is 10.1. The van der Waals surface area contributed by atoms with E-state index >= 15 is 0 Å². The number of carbonyl (C=O) groups excluding carboxylic acids is 2. The Balaban J connectivity index is 1.88. The zero-order valence-corrected chi connectivity index (χ0v) is 18.3. The minimum Gasteiger partial charge on any atom is -0.350 e. The van der Waals surface area contributed by atoms with Crippen molar-refractivity contribution in [3.63, 3.8) is 0 Å². The second kappa shape index (κ2) is 10.0. The molecule has 0 saturated heterocycles. The number of rotatable bonds is 9. The first-order valence-electron chi connectivity index (χ1n) is 9.24. The summed E-state index contributed by atoms with van der Waals surface area (Å²) in [4.78, 5) is 23.6. The lowest BCUT2D eigenvalue weighted by molar-refractivity contribution is -0.121. The quantitative estimate of drug-likeness (QED) is 0.605. The first-order valence-corrected chi connectivity index (χ1v) is 11.1. The van der Waals surface area contributed by atoms with E-state index in [1.807, 2.05) is 25.1 Å².